The zero-order chi connectivity index (χ0) is 14.9. The van der Waals surface area contributed by atoms with Gasteiger partial charge in [-0.2, -0.15) is 0 Å². The van der Waals surface area contributed by atoms with E-state index in [1.807, 2.05) is 13.0 Å². The zero-order valence-corrected chi connectivity index (χ0v) is 14.6. The van der Waals surface area contributed by atoms with Crippen LogP contribution in [-0.2, 0) is 10.0 Å². The van der Waals surface area contributed by atoms with Crippen LogP contribution >= 0.6 is 38.9 Å². The highest BCUT2D eigenvalue weighted by Gasteiger charge is 2.20. The molecule has 4 nitrogen and oxygen atoms in total. The molecular formula is C12H11BrClNO3S2. The van der Waals surface area contributed by atoms with Crippen LogP contribution in [0.2, 0.25) is 5.02 Å². The average molecular weight is 397 g/mol. The van der Waals surface area contributed by atoms with Crippen molar-refractivity contribution in [2.24, 2.45) is 0 Å². The zero-order valence-electron chi connectivity index (χ0n) is 10.6. The van der Waals surface area contributed by atoms with Crippen molar-refractivity contribution in [3.05, 3.63) is 38.6 Å². The van der Waals surface area contributed by atoms with Crippen molar-refractivity contribution in [1.29, 1.82) is 0 Å². The molecule has 2 rings (SSSR count). The van der Waals surface area contributed by atoms with Crippen molar-refractivity contribution in [3.63, 3.8) is 0 Å². The van der Waals surface area contributed by atoms with Crippen molar-refractivity contribution in [3.8, 4) is 5.75 Å². The molecule has 8 heteroatoms. The molecule has 108 valence electrons. The minimum Gasteiger partial charge on any atom is -0.495 e. The van der Waals surface area contributed by atoms with Gasteiger partial charge in [0.1, 0.15) is 9.96 Å². The Hall–Kier alpha value is -0.760. The summed E-state index contributed by atoms with van der Waals surface area (Å²) in [5, 5.41) is 0.367. The summed E-state index contributed by atoms with van der Waals surface area (Å²) < 4.78 is 33.0. The third kappa shape index (κ3) is 3.28. The minimum absolute atomic E-state index is 0.137. The molecule has 0 spiro atoms. The molecule has 0 bridgehead atoms. The number of nitrogens with one attached hydrogen (secondary N) is 1. The number of halogens is 2. The van der Waals surface area contributed by atoms with Gasteiger partial charge in [0.15, 0.2) is 0 Å². The van der Waals surface area contributed by atoms with Crippen LogP contribution in [0.1, 0.15) is 5.56 Å². The van der Waals surface area contributed by atoms with E-state index in [0.29, 0.717) is 20.2 Å². The van der Waals surface area contributed by atoms with Crippen molar-refractivity contribution in [1.82, 2.24) is 0 Å². The highest BCUT2D eigenvalue weighted by Crippen LogP contribution is 2.36. The molecular weight excluding hydrogens is 386 g/mol. The van der Waals surface area contributed by atoms with E-state index >= 15 is 0 Å². The van der Waals surface area contributed by atoms with Crippen LogP contribution in [0.25, 0.3) is 0 Å². The van der Waals surface area contributed by atoms with E-state index < -0.39 is 10.0 Å². The van der Waals surface area contributed by atoms with Crippen LogP contribution in [0.3, 0.4) is 0 Å². The summed E-state index contributed by atoms with van der Waals surface area (Å²) >= 11 is 10.1. The fourth-order valence-electron chi connectivity index (χ4n) is 1.56. The van der Waals surface area contributed by atoms with Crippen LogP contribution in [-0.4, -0.2) is 15.5 Å². The topological polar surface area (TPSA) is 55.4 Å². The summed E-state index contributed by atoms with van der Waals surface area (Å²) in [7, 11) is -2.20. The Kier molecular flexibility index (Phi) is 4.63. The van der Waals surface area contributed by atoms with Gasteiger partial charge in [0, 0.05) is 0 Å². The Morgan fingerprint density at radius 1 is 1.35 bits per heavy atom. The van der Waals surface area contributed by atoms with E-state index in [-0.39, 0.29) is 4.21 Å². The largest absolute Gasteiger partial charge is 0.495 e. The molecule has 20 heavy (non-hydrogen) atoms. The maximum absolute atomic E-state index is 12.3. The number of aryl methyl sites for hydroxylation is 1. The maximum Gasteiger partial charge on any atom is 0.271 e. The molecule has 0 aliphatic carbocycles. The number of sulfonamides is 1. The second kappa shape index (κ2) is 5.93. The molecule has 2 aromatic rings. The summed E-state index contributed by atoms with van der Waals surface area (Å²) in [6.07, 6.45) is 0. The third-order valence-corrected chi connectivity index (χ3v) is 6.80. The van der Waals surface area contributed by atoms with Crippen LogP contribution in [0.4, 0.5) is 5.69 Å². The predicted molar refractivity (Wildman–Crippen MR) is 85.6 cm³/mol. The number of rotatable bonds is 4. The van der Waals surface area contributed by atoms with Gasteiger partial charge in [-0.3, -0.25) is 4.72 Å². The number of ether oxygens (including phenoxy) is 1. The van der Waals surface area contributed by atoms with Crippen molar-refractivity contribution >= 4 is 54.6 Å². The summed E-state index contributed by atoms with van der Waals surface area (Å²) in [4.78, 5) is 0. The molecule has 1 heterocycles. The average Bonchev–Trinajstić information content (AvgIpc) is 2.70. The van der Waals surface area contributed by atoms with E-state index in [4.69, 9.17) is 16.3 Å². The molecule has 1 aromatic heterocycles. The molecule has 0 unspecified atom stereocenters. The molecule has 0 atom stereocenters. The Balaban J connectivity index is 2.40. The molecule has 0 saturated heterocycles. The fraction of sp³-hybridized carbons (Fsp3) is 0.167. The highest BCUT2D eigenvalue weighted by atomic mass is 79.9. The van der Waals surface area contributed by atoms with E-state index in [2.05, 4.69) is 20.7 Å². The first-order chi connectivity index (χ1) is 9.33. The lowest BCUT2D eigenvalue weighted by Crippen LogP contribution is -2.12. The van der Waals surface area contributed by atoms with Crippen LogP contribution < -0.4 is 9.46 Å². The lowest BCUT2D eigenvalue weighted by atomic mass is 10.2. The third-order valence-electron chi connectivity index (χ3n) is 2.49. The second-order valence-corrected chi connectivity index (χ2v) is 8.68. The van der Waals surface area contributed by atoms with Gasteiger partial charge in [0.25, 0.3) is 10.0 Å². The quantitative estimate of drug-likeness (QED) is 0.839. The summed E-state index contributed by atoms with van der Waals surface area (Å²) in [6, 6.07) is 6.67. The Morgan fingerprint density at radius 3 is 2.60 bits per heavy atom. The molecule has 0 saturated carbocycles. The van der Waals surface area contributed by atoms with Gasteiger partial charge in [0.2, 0.25) is 0 Å². The fourth-order valence-corrected chi connectivity index (χ4v) is 5.02. The number of methoxy groups -OCH3 is 1. The summed E-state index contributed by atoms with van der Waals surface area (Å²) in [5.74, 6) is 0.459. The standard InChI is InChI=1S/C12H11BrClNO3S2/c1-7-3-4-10(18-2)9(5-7)15-20(16,17)11-6-8(14)12(13)19-11/h3-6,15H,1-2H3. The SMILES string of the molecule is COc1ccc(C)cc1NS(=O)(=O)c1cc(Cl)c(Br)s1. The lowest BCUT2D eigenvalue weighted by molar-refractivity contribution is 0.417. The monoisotopic (exact) mass is 395 g/mol. The smallest absolute Gasteiger partial charge is 0.271 e. The lowest BCUT2D eigenvalue weighted by Gasteiger charge is -2.11. The van der Waals surface area contributed by atoms with Gasteiger partial charge in [-0.05, 0) is 46.6 Å². The molecule has 0 fully saturated rings. The molecule has 0 aliphatic heterocycles. The second-order valence-electron chi connectivity index (χ2n) is 4.00. The van der Waals surface area contributed by atoms with Gasteiger partial charge in [-0.1, -0.05) is 17.7 Å². The van der Waals surface area contributed by atoms with Gasteiger partial charge in [-0.25, -0.2) is 8.42 Å². The van der Waals surface area contributed by atoms with Crippen molar-refractivity contribution in [2.45, 2.75) is 11.1 Å². The van der Waals surface area contributed by atoms with Crippen LogP contribution in [0.5, 0.6) is 5.75 Å². The van der Waals surface area contributed by atoms with E-state index in [1.165, 1.54) is 13.2 Å². The molecule has 1 N–H and O–H groups in total. The number of anilines is 1. The molecule has 0 radical (unpaired) electrons. The first kappa shape index (κ1) is 15.6. The van der Waals surface area contributed by atoms with Crippen LogP contribution in [0, 0.1) is 6.92 Å². The van der Waals surface area contributed by atoms with Gasteiger partial charge in [0.05, 0.1) is 21.6 Å². The van der Waals surface area contributed by atoms with Crippen LogP contribution in [0.15, 0.2) is 32.3 Å². The number of hydrogen-bond donors (Lipinski definition) is 1. The number of thiophene rings is 1. The van der Waals surface area contributed by atoms with Gasteiger partial charge < -0.3 is 4.74 Å². The highest BCUT2D eigenvalue weighted by molar-refractivity contribution is 9.11. The normalized spacial score (nSPS) is 11.4. The molecule has 1 aromatic carbocycles. The van der Waals surface area contributed by atoms with E-state index in [9.17, 15) is 8.42 Å². The Morgan fingerprint density at radius 2 is 2.05 bits per heavy atom. The molecule has 0 aliphatic rings. The Bertz CT molecular complexity index is 724. The molecule has 0 amide bonds. The summed E-state index contributed by atoms with van der Waals surface area (Å²) in [6.45, 7) is 1.87. The summed E-state index contributed by atoms with van der Waals surface area (Å²) in [5.41, 5.74) is 1.32. The van der Waals surface area contributed by atoms with Gasteiger partial charge in [-0.15, -0.1) is 11.3 Å². The Labute approximate surface area is 134 Å². The van der Waals surface area contributed by atoms with E-state index in [1.54, 1.807) is 12.1 Å². The van der Waals surface area contributed by atoms with Gasteiger partial charge >= 0.3 is 0 Å². The minimum atomic E-state index is -3.69. The first-order valence-electron chi connectivity index (χ1n) is 5.46. The maximum atomic E-state index is 12.3. The first-order valence-corrected chi connectivity index (χ1v) is 8.93. The predicted octanol–water partition coefficient (Wildman–Crippen LogP) is 4.28. The number of hydrogen-bond acceptors (Lipinski definition) is 4. The van der Waals surface area contributed by atoms with Crippen molar-refractivity contribution in [2.75, 3.05) is 11.8 Å². The van der Waals surface area contributed by atoms with E-state index in [0.717, 1.165) is 16.9 Å². The number of benzene rings is 1. The van der Waals surface area contributed by atoms with Crippen molar-refractivity contribution < 1.29 is 13.2 Å².